The fraction of sp³-hybridized carbons (Fsp3) is 0.476. The van der Waals surface area contributed by atoms with E-state index < -0.39 is 16.1 Å². The number of hydrogen-bond acceptors (Lipinski definition) is 6. The number of rotatable bonds is 7. The number of anilines is 1. The molecular formula is C21H25FN6O2S. The van der Waals surface area contributed by atoms with E-state index in [-0.39, 0.29) is 29.8 Å². The van der Waals surface area contributed by atoms with Crippen molar-refractivity contribution in [3.8, 4) is 0 Å². The highest BCUT2D eigenvalue weighted by atomic mass is 32.2. The average Bonchev–Trinajstić information content (AvgIpc) is 3.25. The third-order valence-electron chi connectivity index (χ3n) is 6.08. The van der Waals surface area contributed by atoms with Crippen LogP contribution in [0.3, 0.4) is 0 Å². The Morgan fingerprint density at radius 3 is 2.68 bits per heavy atom. The van der Waals surface area contributed by atoms with Gasteiger partial charge in [-0.2, -0.15) is 14.4 Å². The average molecular weight is 445 g/mol. The quantitative estimate of drug-likeness (QED) is 0.539. The maximum Gasteiger partial charge on any atom is 0.312 e. The van der Waals surface area contributed by atoms with Crippen LogP contribution in [0.25, 0.3) is 11.2 Å². The lowest BCUT2D eigenvalue weighted by Gasteiger charge is -2.12. The predicted octanol–water partition coefficient (Wildman–Crippen LogP) is 2.02. The summed E-state index contributed by atoms with van der Waals surface area (Å²) < 4.78 is 43.1. The molecule has 2 aliphatic rings. The number of nitrogens with two attached hydrogens (primary N) is 1. The molecule has 0 bridgehead atoms. The van der Waals surface area contributed by atoms with Gasteiger partial charge in [-0.25, -0.2) is 18.1 Å². The highest BCUT2D eigenvalue weighted by Crippen LogP contribution is 2.28. The highest BCUT2D eigenvalue weighted by Gasteiger charge is 2.27. The summed E-state index contributed by atoms with van der Waals surface area (Å²) >= 11 is 0. The summed E-state index contributed by atoms with van der Waals surface area (Å²) in [4.78, 5) is 12.0. The molecule has 2 aromatic heterocycles. The SMILES string of the molecule is Cc1cc2c(cc1Cc1nc3c(N)nc(F)nc3n1CCS(=O)(=O)NC1CC1)CCC2. The number of nitrogens with one attached hydrogen (secondary N) is 1. The Bertz CT molecular complexity index is 1280. The van der Waals surface area contributed by atoms with Gasteiger partial charge in [0.25, 0.3) is 0 Å². The van der Waals surface area contributed by atoms with Gasteiger partial charge >= 0.3 is 6.08 Å². The van der Waals surface area contributed by atoms with Gasteiger partial charge in [0.2, 0.25) is 10.0 Å². The summed E-state index contributed by atoms with van der Waals surface area (Å²) in [5.41, 5.74) is 11.4. The normalized spacial score (nSPS) is 16.2. The first-order valence-electron chi connectivity index (χ1n) is 10.6. The number of aromatic nitrogens is 4. The zero-order valence-corrected chi connectivity index (χ0v) is 18.2. The summed E-state index contributed by atoms with van der Waals surface area (Å²) in [7, 11) is -3.46. The zero-order chi connectivity index (χ0) is 21.8. The van der Waals surface area contributed by atoms with Gasteiger partial charge in [0.1, 0.15) is 5.82 Å². The molecule has 0 spiro atoms. The summed E-state index contributed by atoms with van der Waals surface area (Å²) in [6, 6.07) is 4.47. The smallest absolute Gasteiger partial charge is 0.312 e. The van der Waals surface area contributed by atoms with Gasteiger partial charge in [0.05, 0.1) is 5.75 Å². The summed E-state index contributed by atoms with van der Waals surface area (Å²) in [5.74, 6) is 0.410. The minimum Gasteiger partial charge on any atom is -0.382 e. The van der Waals surface area contributed by atoms with E-state index in [1.54, 1.807) is 4.57 Å². The third-order valence-corrected chi connectivity index (χ3v) is 7.49. The molecule has 2 aliphatic carbocycles. The first kappa shape index (κ1) is 20.3. The molecule has 8 nitrogen and oxygen atoms in total. The largest absolute Gasteiger partial charge is 0.382 e. The number of sulfonamides is 1. The molecule has 0 unspecified atom stereocenters. The molecule has 1 fully saturated rings. The Balaban J connectivity index is 1.52. The van der Waals surface area contributed by atoms with Crippen molar-refractivity contribution in [1.29, 1.82) is 0 Å². The monoisotopic (exact) mass is 444 g/mol. The van der Waals surface area contributed by atoms with Crippen LogP contribution in [0.1, 0.15) is 47.3 Å². The molecule has 0 aliphatic heterocycles. The number of benzene rings is 1. The molecule has 31 heavy (non-hydrogen) atoms. The van der Waals surface area contributed by atoms with Gasteiger partial charge in [-0.15, -0.1) is 0 Å². The van der Waals surface area contributed by atoms with Crippen molar-refractivity contribution in [3.63, 3.8) is 0 Å². The first-order chi connectivity index (χ1) is 14.8. The van der Waals surface area contributed by atoms with Crippen LogP contribution in [-0.4, -0.2) is 39.7 Å². The second kappa shape index (κ2) is 7.52. The lowest BCUT2D eigenvalue weighted by Crippen LogP contribution is -2.30. The number of nitrogens with zero attached hydrogens (tertiary/aromatic N) is 4. The second-order valence-corrected chi connectivity index (χ2v) is 10.4. The highest BCUT2D eigenvalue weighted by molar-refractivity contribution is 7.89. The lowest BCUT2D eigenvalue weighted by atomic mass is 9.98. The maximum atomic E-state index is 13.9. The summed E-state index contributed by atoms with van der Waals surface area (Å²) in [6.07, 6.45) is 4.59. The summed E-state index contributed by atoms with van der Waals surface area (Å²) in [5, 5.41) is 0. The van der Waals surface area contributed by atoms with Gasteiger partial charge < -0.3 is 10.3 Å². The standard InChI is InChI=1S/C21H25FN6O2S/c1-12-9-13-3-2-4-14(13)10-15(12)11-17-24-18-19(23)25-21(22)26-20(18)28(17)7-8-31(29,30)27-16-5-6-16/h9-10,16,27H,2-8,11H2,1H3,(H2,23,25,26). The molecule has 3 aromatic rings. The molecule has 0 amide bonds. The Labute approximate surface area is 180 Å². The zero-order valence-electron chi connectivity index (χ0n) is 17.4. The van der Waals surface area contributed by atoms with Gasteiger partial charge in [-0.05, 0) is 61.3 Å². The van der Waals surface area contributed by atoms with E-state index in [0.29, 0.717) is 17.8 Å². The maximum absolute atomic E-state index is 13.9. The number of imidazole rings is 1. The Hall–Kier alpha value is -2.59. The molecule has 0 saturated heterocycles. The van der Waals surface area contributed by atoms with Crippen LogP contribution in [0, 0.1) is 13.0 Å². The minimum atomic E-state index is -3.46. The van der Waals surface area contributed by atoms with Crippen LogP contribution in [0.2, 0.25) is 0 Å². The van der Waals surface area contributed by atoms with Crippen LogP contribution >= 0.6 is 0 Å². The van der Waals surface area contributed by atoms with Crippen molar-refractivity contribution < 1.29 is 12.8 Å². The van der Waals surface area contributed by atoms with Crippen molar-refractivity contribution in [1.82, 2.24) is 24.2 Å². The van der Waals surface area contributed by atoms with Crippen molar-refractivity contribution in [3.05, 3.63) is 46.3 Å². The van der Waals surface area contributed by atoms with E-state index in [1.807, 2.05) is 0 Å². The molecule has 0 atom stereocenters. The van der Waals surface area contributed by atoms with Gasteiger partial charge in [-0.1, -0.05) is 12.1 Å². The Morgan fingerprint density at radius 2 is 1.94 bits per heavy atom. The molecular weight excluding hydrogens is 419 g/mol. The van der Waals surface area contributed by atoms with Crippen molar-refractivity contribution >= 4 is 27.0 Å². The molecule has 5 rings (SSSR count). The van der Waals surface area contributed by atoms with Crippen molar-refractivity contribution in [2.75, 3.05) is 11.5 Å². The van der Waals surface area contributed by atoms with Crippen LogP contribution < -0.4 is 10.5 Å². The van der Waals surface area contributed by atoms with E-state index in [0.717, 1.165) is 43.2 Å². The number of halogens is 1. The number of hydrogen-bond donors (Lipinski definition) is 2. The van der Waals surface area contributed by atoms with Gasteiger partial charge in [0.15, 0.2) is 17.0 Å². The van der Waals surface area contributed by atoms with Crippen LogP contribution in [0.4, 0.5) is 10.2 Å². The van der Waals surface area contributed by atoms with E-state index >= 15 is 0 Å². The van der Waals surface area contributed by atoms with Crippen LogP contribution in [0.15, 0.2) is 12.1 Å². The fourth-order valence-corrected chi connectivity index (χ4v) is 5.58. The molecule has 0 radical (unpaired) electrons. The topological polar surface area (TPSA) is 116 Å². The molecule has 164 valence electrons. The van der Waals surface area contributed by atoms with Crippen LogP contribution in [0.5, 0.6) is 0 Å². The predicted molar refractivity (Wildman–Crippen MR) is 116 cm³/mol. The third kappa shape index (κ3) is 4.14. The molecule has 1 aromatic carbocycles. The van der Waals surface area contributed by atoms with Gasteiger partial charge in [0, 0.05) is 19.0 Å². The Morgan fingerprint density at radius 1 is 1.19 bits per heavy atom. The number of nitrogen functional groups attached to an aromatic ring is 1. The van der Waals surface area contributed by atoms with Gasteiger partial charge in [-0.3, -0.25) is 0 Å². The number of aryl methyl sites for hydroxylation is 4. The summed E-state index contributed by atoms with van der Waals surface area (Å²) in [6.45, 7) is 2.17. The fourth-order valence-electron chi connectivity index (χ4n) is 4.29. The molecule has 3 N–H and O–H groups in total. The molecule has 10 heteroatoms. The molecule has 1 saturated carbocycles. The van der Waals surface area contributed by atoms with E-state index in [2.05, 4.69) is 38.7 Å². The first-order valence-corrected chi connectivity index (χ1v) is 12.2. The van der Waals surface area contributed by atoms with E-state index in [1.165, 1.54) is 11.1 Å². The Kier molecular flexibility index (Phi) is 4.93. The van der Waals surface area contributed by atoms with Crippen molar-refractivity contribution in [2.45, 2.75) is 58.0 Å². The second-order valence-electron chi connectivity index (χ2n) is 8.52. The van der Waals surface area contributed by atoms with Crippen LogP contribution in [-0.2, 0) is 35.8 Å². The minimum absolute atomic E-state index is 0.0356. The van der Waals surface area contributed by atoms with Crippen molar-refractivity contribution in [2.24, 2.45) is 0 Å². The van der Waals surface area contributed by atoms with E-state index in [9.17, 15) is 12.8 Å². The number of fused-ring (bicyclic) bond motifs is 2. The van der Waals surface area contributed by atoms with E-state index in [4.69, 9.17) is 5.73 Å². The molecule has 2 heterocycles. The lowest BCUT2D eigenvalue weighted by molar-refractivity contribution is 0.542.